The fraction of sp³-hybridized carbons (Fsp3) is 0.125. The lowest BCUT2D eigenvalue weighted by atomic mass is 10.1. The van der Waals surface area contributed by atoms with Crippen LogP contribution in [0.15, 0.2) is 40.9 Å². The highest BCUT2D eigenvalue weighted by atomic mass is 79.9. The number of anilines is 1. The van der Waals surface area contributed by atoms with Crippen molar-refractivity contribution in [3.05, 3.63) is 63.1 Å². The Morgan fingerprint density at radius 1 is 1.10 bits per heavy atom. The van der Waals surface area contributed by atoms with Crippen LogP contribution in [0.4, 0.5) is 5.69 Å². The summed E-state index contributed by atoms with van der Waals surface area (Å²) in [5.41, 5.74) is 3.07. The summed E-state index contributed by atoms with van der Waals surface area (Å²) in [6, 6.07) is 10.1. The molecule has 0 aliphatic carbocycles. The summed E-state index contributed by atoms with van der Waals surface area (Å²) in [4.78, 5) is 23.3. The molecule has 21 heavy (non-hydrogen) atoms. The maximum atomic E-state index is 12.3. The number of carbonyl (C=O) groups is 2. The second kappa shape index (κ2) is 6.10. The number of aromatic carboxylic acids is 1. The summed E-state index contributed by atoms with van der Waals surface area (Å²) in [6.07, 6.45) is 0. The monoisotopic (exact) mass is 347 g/mol. The van der Waals surface area contributed by atoms with Gasteiger partial charge in [-0.05, 0) is 43.7 Å². The Bertz CT molecular complexity index is 725. The molecule has 0 bridgehead atoms. The van der Waals surface area contributed by atoms with Crippen LogP contribution in [0.25, 0.3) is 0 Å². The van der Waals surface area contributed by atoms with Gasteiger partial charge in [0.1, 0.15) is 0 Å². The van der Waals surface area contributed by atoms with E-state index in [1.807, 2.05) is 26.0 Å². The first kappa shape index (κ1) is 15.3. The maximum absolute atomic E-state index is 12.3. The van der Waals surface area contributed by atoms with Crippen LogP contribution in [-0.2, 0) is 0 Å². The van der Waals surface area contributed by atoms with Crippen LogP contribution in [0, 0.1) is 13.8 Å². The highest BCUT2D eigenvalue weighted by Gasteiger charge is 2.12. The largest absolute Gasteiger partial charge is 0.478 e. The van der Waals surface area contributed by atoms with Gasteiger partial charge in [-0.25, -0.2) is 4.79 Å². The predicted octanol–water partition coefficient (Wildman–Crippen LogP) is 4.02. The zero-order valence-electron chi connectivity index (χ0n) is 11.6. The zero-order chi connectivity index (χ0) is 15.6. The third-order valence-corrected chi connectivity index (χ3v) is 3.49. The van der Waals surface area contributed by atoms with Crippen LogP contribution in [-0.4, -0.2) is 17.0 Å². The van der Waals surface area contributed by atoms with Gasteiger partial charge in [0, 0.05) is 15.7 Å². The standard InChI is InChI=1S/C16H14BrNO3/c1-9-3-4-14(10(2)5-9)15(19)18-13-7-11(16(20)21)6-12(17)8-13/h3-8H,1-2H3,(H,18,19)(H,20,21). The van der Waals surface area contributed by atoms with E-state index in [2.05, 4.69) is 21.2 Å². The molecule has 2 aromatic rings. The van der Waals surface area contributed by atoms with E-state index in [0.29, 0.717) is 15.7 Å². The lowest BCUT2D eigenvalue weighted by molar-refractivity contribution is 0.0696. The van der Waals surface area contributed by atoms with E-state index in [4.69, 9.17) is 5.11 Å². The maximum Gasteiger partial charge on any atom is 0.335 e. The summed E-state index contributed by atoms with van der Waals surface area (Å²) in [7, 11) is 0. The van der Waals surface area contributed by atoms with E-state index >= 15 is 0 Å². The van der Waals surface area contributed by atoms with E-state index < -0.39 is 5.97 Å². The van der Waals surface area contributed by atoms with E-state index in [-0.39, 0.29) is 11.5 Å². The number of rotatable bonds is 3. The Balaban J connectivity index is 2.29. The molecule has 0 heterocycles. The number of amides is 1. The fourth-order valence-electron chi connectivity index (χ4n) is 2.05. The first-order valence-corrected chi connectivity index (χ1v) is 7.08. The molecule has 0 spiro atoms. The minimum absolute atomic E-state index is 0.111. The molecule has 0 saturated heterocycles. The van der Waals surface area contributed by atoms with Gasteiger partial charge in [0.05, 0.1) is 5.56 Å². The number of aryl methyl sites for hydroxylation is 2. The van der Waals surface area contributed by atoms with Gasteiger partial charge in [-0.3, -0.25) is 4.79 Å². The molecule has 2 aromatic carbocycles. The third kappa shape index (κ3) is 3.70. The third-order valence-electron chi connectivity index (χ3n) is 3.03. The summed E-state index contributed by atoms with van der Waals surface area (Å²) in [6.45, 7) is 3.83. The molecule has 108 valence electrons. The molecule has 0 unspecified atom stereocenters. The van der Waals surface area contributed by atoms with Crippen LogP contribution in [0.2, 0.25) is 0 Å². The summed E-state index contributed by atoms with van der Waals surface area (Å²) < 4.78 is 0.596. The lowest BCUT2D eigenvalue weighted by Crippen LogP contribution is -2.14. The number of carboxylic acid groups (broad SMARTS) is 1. The quantitative estimate of drug-likeness (QED) is 0.881. The van der Waals surface area contributed by atoms with E-state index in [9.17, 15) is 9.59 Å². The van der Waals surface area contributed by atoms with E-state index in [1.165, 1.54) is 12.1 Å². The van der Waals surface area contributed by atoms with Gasteiger partial charge in [-0.15, -0.1) is 0 Å². The Kier molecular flexibility index (Phi) is 4.43. The Morgan fingerprint density at radius 2 is 1.81 bits per heavy atom. The average molecular weight is 348 g/mol. The number of carbonyl (C=O) groups excluding carboxylic acids is 1. The number of hydrogen-bond donors (Lipinski definition) is 2. The van der Waals surface area contributed by atoms with Gasteiger partial charge < -0.3 is 10.4 Å². The van der Waals surface area contributed by atoms with Gasteiger partial charge in [0.2, 0.25) is 0 Å². The highest BCUT2D eigenvalue weighted by molar-refractivity contribution is 9.10. The molecule has 0 atom stereocenters. The molecule has 2 N–H and O–H groups in total. The van der Waals surface area contributed by atoms with Crippen LogP contribution >= 0.6 is 15.9 Å². The molecule has 0 saturated carbocycles. The van der Waals surface area contributed by atoms with Gasteiger partial charge in [-0.1, -0.05) is 33.6 Å². The first-order chi connectivity index (χ1) is 9.86. The number of hydrogen-bond acceptors (Lipinski definition) is 2. The molecule has 0 radical (unpaired) electrons. The second-order valence-electron chi connectivity index (χ2n) is 4.81. The van der Waals surface area contributed by atoms with E-state index in [0.717, 1.165) is 11.1 Å². The zero-order valence-corrected chi connectivity index (χ0v) is 13.2. The molecular formula is C16H14BrNO3. The minimum Gasteiger partial charge on any atom is -0.478 e. The molecule has 0 aliphatic rings. The predicted molar refractivity (Wildman–Crippen MR) is 85.0 cm³/mol. The lowest BCUT2D eigenvalue weighted by Gasteiger charge is -2.09. The van der Waals surface area contributed by atoms with Gasteiger partial charge in [0.15, 0.2) is 0 Å². The smallest absolute Gasteiger partial charge is 0.335 e. The van der Waals surface area contributed by atoms with Gasteiger partial charge in [-0.2, -0.15) is 0 Å². The molecule has 5 heteroatoms. The highest BCUT2D eigenvalue weighted by Crippen LogP contribution is 2.21. The van der Waals surface area contributed by atoms with Crippen molar-refractivity contribution in [2.45, 2.75) is 13.8 Å². The van der Waals surface area contributed by atoms with Crippen LogP contribution in [0.1, 0.15) is 31.8 Å². The van der Waals surface area contributed by atoms with Crippen molar-refractivity contribution < 1.29 is 14.7 Å². The molecular weight excluding hydrogens is 334 g/mol. The van der Waals surface area contributed by atoms with Crippen molar-refractivity contribution in [1.29, 1.82) is 0 Å². The van der Waals surface area contributed by atoms with Crippen molar-refractivity contribution in [1.82, 2.24) is 0 Å². The number of halogens is 1. The molecule has 0 aliphatic heterocycles. The summed E-state index contributed by atoms with van der Waals surface area (Å²) in [5.74, 6) is -1.31. The SMILES string of the molecule is Cc1ccc(C(=O)Nc2cc(Br)cc(C(=O)O)c2)c(C)c1. The van der Waals surface area contributed by atoms with Crippen molar-refractivity contribution in [3.63, 3.8) is 0 Å². The average Bonchev–Trinajstić information content (AvgIpc) is 2.37. The van der Waals surface area contributed by atoms with Crippen LogP contribution in [0.3, 0.4) is 0 Å². The van der Waals surface area contributed by atoms with Crippen molar-refractivity contribution in [2.24, 2.45) is 0 Å². The van der Waals surface area contributed by atoms with Crippen molar-refractivity contribution >= 4 is 33.5 Å². The van der Waals surface area contributed by atoms with Crippen LogP contribution in [0.5, 0.6) is 0 Å². The summed E-state index contributed by atoms with van der Waals surface area (Å²) in [5, 5.41) is 11.7. The van der Waals surface area contributed by atoms with Gasteiger partial charge >= 0.3 is 5.97 Å². The fourth-order valence-corrected chi connectivity index (χ4v) is 2.55. The molecule has 0 aromatic heterocycles. The van der Waals surface area contributed by atoms with Gasteiger partial charge in [0.25, 0.3) is 5.91 Å². The molecule has 1 amide bonds. The summed E-state index contributed by atoms with van der Waals surface area (Å²) >= 11 is 3.24. The Morgan fingerprint density at radius 3 is 2.43 bits per heavy atom. The number of benzene rings is 2. The second-order valence-corrected chi connectivity index (χ2v) is 5.72. The number of carboxylic acids is 1. The Labute approximate surface area is 130 Å². The normalized spacial score (nSPS) is 10.2. The minimum atomic E-state index is -1.04. The molecule has 2 rings (SSSR count). The molecule has 0 fully saturated rings. The topological polar surface area (TPSA) is 66.4 Å². The molecule has 4 nitrogen and oxygen atoms in total. The number of nitrogens with one attached hydrogen (secondary N) is 1. The Hall–Kier alpha value is -2.14. The van der Waals surface area contributed by atoms with Crippen molar-refractivity contribution in [2.75, 3.05) is 5.32 Å². The van der Waals surface area contributed by atoms with E-state index in [1.54, 1.807) is 12.1 Å². The van der Waals surface area contributed by atoms with Crippen molar-refractivity contribution in [3.8, 4) is 0 Å². The van der Waals surface area contributed by atoms with Crippen LogP contribution < -0.4 is 5.32 Å². The first-order valence-electron chi connectivity index (χ1n) is 6.29.